The van der Waals surface area contributed by atoms with Crippen LogP contribution in [-0.4, -0.2) is 0 Å². The van der Waals surface area contributed by atoms with Gasteiger partial charge in [-0.15, -0.1) is 0 Å². The van der Waals surface area contributed by atoms with E-state index in [0.29, 0.717) is 0 Å². The van der Waals surface area contributed by atoms with Gasteiger partial charge >= 0.3 is 0 Å². The number of hydrogen-bond acceptors (Lipinski definition) is 1. The summed E-state index contributed by atoms with van der Waals surface area (Å²) in [5.74, 6) is 0.814. The van der Waals surface area contributed by atoms with Gasteiger partial charge in [0, 0.05) is 3.57 Å². The van der Waals surface area contributed by atoms with Crippen LogP contribution >= 0.6 is 21.2 Å². The molecule has 0 aromatic heterocycles. The standard InChI is InChI=1S/C9H9IO/c11-10-9-5-3-8(4-6-9)7-1-2-7/h3-7H,1-2H2. The van der Waals surface area contributed by atoms with E-state index in [1.807, 2.05) is 12.1 Å². The Bertz CT molecular complexity index is 261. The Morgan fingerprint density at radius 2 is 1.82 bits per heavy atom. The van der Waals surface area contributed by atoms with E-state index in [2.05, 4.69) is 12.1 Å². The van der Waals surface area contributed by atoms with Crippen LogP contribution < -0.4 is 0 Å². The minimum Gasteiger partial charge on any atom is -0.265 e. The van der Waals surface area contributed by atoms with Crippen molar-refractivity contribution in [1.82, 2.24) is 0 Å². The molecule has 1 aliphatic carbocycles. The molecule has 0 amide bonds. The van der Waals surface area contributed by atoms with Crippen molar-refractivity contribution >= 4 is 21.2 Å². The van der Waals surface area contributed by atoms with Crippen molar-refractivity contribution in [3.05, 3.63) is 33.4 Å². The van der Waals surface area contributed by atoms with Crippen LogP contribution in [0, 0.1) is 3.57 Å². The fourth-order valence-electron chi connectivity index (χ4n) is 1.20. The van der Waals surface area contributed by atoms with Gasteiger partial charge in [-0.1, -0.05) is 12.1 Å². The molecule has 0 heterocycles. The molecule has 2 heteroatoms. The van der Waals surface area contributed by atoms with Gasteiger partial charge in [0.15, 0.2) is 21.2 Å². The fraction of sp³-hybridized carbons (Fsp3) is 0.333. The monoisotopic (exact) mass is 260 g/mol. The van der Waals surface area contributed by atoms with Crippen molar-refractivity contribution in [2.45, 2.75) is 18.8 Å². The van der Waals surface area contributed by atoms with E-state index < -0.39 is 21.2 Å². The molecule has 0 saturated heterocycles. The molecule has 1 aromatic carbocycles. The SMILES string of the molecule is O=Ic1ccc(C2CC2)cc1. The first-order valence-corrected chi connectivity index (χ1v) is 5.73. The molecule has 0 N–H and O–H groups in total. The van der Waals surface area contributed by atoms with Gasteiger partial charge in [-0.25, -0.2) is 0 Å². The van der Waals surface area contributed by atoms with Crippen molar-refractivity contribution in [2.75, 3.05) is 0 Å². The molecule has 0 radical (unpaired) electrons. The molecule has 11 heavy (non-hydrogen) atoms. The summed E-state index contributed by atoms with van der Waals surface area (Å²) >= 11 is -0.953. The number of hydrogen-bond donors (Lipinski definition) is 0. The highest BCUT2D eigenvalue weighted by molar-refractivity contribution is 14.1. The topological polar surface area (TPSA) is 17.1 Å². The molecule has 1 aliphatic rings. The summed E-state index contributed by atoms with van der Waals surface area (Å²) in [6.07, 6.45) is 2.68. The second-order valence-electron chi connectivity index (χ2n) is 2.90. The summed E-state index contributed by atoms with van der Waals surface area (Å²) in [7, 11) is 0. The lowest BCUT2D eigenvalue weighted by molar-refractivity contribution is 0.648. The summed E-state index contributed by atoms with van der Waals surface area (Å²) in [5, 5.41) is 0. The summed E-state index contributed by atoms with van der Waals surface area (Å²) < 4.78 is 11.5. The van der Waals surface area contributed by atoms with Gasteiger partial charge in [0.1, 0.15) is 0 Å². The van der Waals surface area contributed by atoms with Crippen molar-refractivity contribution in [3.63, 3.8) is 0 Å². The number of halogens is 1. The molecule has 0 unspecified atom stereocenters. The van der Waals surface area contributed by atoms with E-state index in [1.165, 1.54) is 18.4 Å². The van der Waals surface area contributed by atoms with Crippen LogP contribution in [0.5, 0.6) is 0 Å². The third-order valence-corrected chi connectivity index (χ3v) is 3.24. The highest BCUT2D eigenvalue weighted by Crippen LogP contribution is 2.39. The van der Waals surface area contributed by atoms with Crippen molar-refractivity contribution in [1.29, 1.82) is 0 Å². The van der Waals surface area contributed by atoms with Crippen LogP contribution in [0.1, 0.15) is 24.3 Å². The maximum atomic E-state index is 10.5. The van der Waals surface area contributed by atoms with Gasteiger partial charge in [-0.3, -0.25) is 3.07 Å². The molecule has 1 saturated carbocycles. The van der Waals surface area contributed by atoms with Gasteiger partial charge in [0.05, 0.1) is 0 Å². The summed E-state index contributed by atoms with van der Waals surface area (Å²) in [5.41, 5.74) is 1.42. The highest BCUT2D eigenvalue weighted by atomic mass is 127. The average molecular weight is 260 g/mol. The van der Waals surface area contributed by atoms with E-state index in [-0.39, 0.29) is 0 Å². The lowest BCUT2D eigenvalue weighted by atomic mass is 10.1. The molecular weight excluding hydrogens is 251 g/mol. The normalized spacial score (nSPS) is 16.7. The average Bonchev–Trinajstić information content (AvgIpc) is 2.87. The minimum absolute atomic E-state index is 0.814. The Morgan fingerprint density at radius 1 is 1.18 bits per heavy atom. The second-order valence-corrected chi connectivity index (χ2v) is 4.59. The van der Waals surface area contributed by atoms with Crippen molar-refractivity contribution in [2.24, 2.45) is 0 Å². The van der Waals surface area contributed by atoms with E-state index in [0.717, 1.165) is 9.49 Å². The van der Waals surface area contributed by atoms with Crippen LogP contribution in [0.2, 0.25) is 0 Å². The van der Waals surface area contributed by atoms with Crippen LogP contribution in [0.3, 0.4) is 0 Å². The molecule has 2 rings (SSSR count). The predicted octanol–water partition coefficient (Wildman–Crippen LogP) is 3.05. The third kappa shape index (κ3) is 1.67. The van der Waals surface area contributed by atoms with Crippen LogP contribution in [0.4, 0.5) is 0 Å². The molecule has 1 aromatic rings. The first kappa shape index (κ1) is 7.40. The van der Waals surface area contributed by atoms with E-state index in [9.17, 15) is 3.07 Å². The lowest BCUT2D eigenvalue weighted by Crippen LogP contribution is -1.77. The zero-order valence-corrected chi connectivity index (χ0v) is 8.24. The maximum absolute atomic E-state index is 10.5. The lowest BCUT2D eigenvalue weighted by Gasteiger charge is -1.95. The Morgan fingerprint density at radius 3 is 2.27 bits per heavy atom. The van der Waals surface area contributed by atoms with Gasteiger partial charge < -0.3 is 0 Å². The van der Waals surface area contributed by atoms with E-state index >= 15 is 0 Å². The summed E-state index contributed by atoms with van der Waals surface area (Å²) in [6.45, 7) is 0. The van der Waals surface area contributed by atoms with Gasteiger partial charge in [-0.05, 0) is 36.5 Å². The first-order valence-electron chi connectivity index (χ1n) is 3.77. The van der Waals surface area contributed by atoms with E-state index in [1.54, 1.807) is 0 Å². The molecule has 1 fully saturated rings. The Labute approximate surface area is 76.5 Å². The number of rotatable bonds is 2. The fourth-order valence-corrected chi connectivity index (χ4v) is 1.86. The Kier molecular flexibility index (Phi) is 2.02. The number of benzene rings is 1. The van der Waals surface area contributed by atoms with Gasteiger partial charge in [0.2, 0.25) is 0 Å². The van der Waals surface area contributed by atoms with Crippen LogP contribution in [-0.2, 0) is 3.07 Å². The smallest absolute Gasteiger partial charge is 0.182 e. The summed E-state index contributed by atoms with van der Waals surface area (Å²) in [4.78, 5) is 0. The third-order valence-electron chi connectivity index (χ3n) is 2.01. The zero-order valence-electron chi connectivity index (χ0n) is 6.09. The zero-order chi connectivity index (χ0) is 7.68. The van der Waals surface area contributed by atoms with Crippen molar-refractivity contribution in [3.8, 4) is 0 Å². The van der Waals surface area contributed by atoms with Crippen LogP contribution in [0.15, 0.2) is 24.3 Å². The second kappa shape index (κ2) is 3.01. The van der Waals surface area contributed by atoms with Crippen LogP contribution in [0.25, 0.3) is 0 Å². The molecule has 58 valence electrons. The maximum Gasteiger partial charge on any atom is 0.182 e. The Hall–Kier alpha value is -0.250. The van der Waals surface area contributed by atoms with Gasteiger partial charge in [-0.2, -0.15) is 0 Å². The minimum atomic E-state index is -0.953. The first-order chi connectivity index (χ1) is 5.40. The molecule has 0 aliphatic heterocycles. The van der Waals surface area contributed by atoms with E-state index in [4.69, 9.17) is 0 Å². The molecular formula is C9H9IO. The molecule has 0 bridgehead atoms. The largest absolute Gasteiger partial charge is 0.265 e. The quantitative estimate of drug-likeness (QED) is 0.747. The highest BCUT2D eigenvalue weighted by Gasteiger charge is 2.22. The summed E-state index contributed by atoms with van der Waals surface area (Å²) in [6, 6.07) is 8.22. The predicted molar refractivity (Wildman–Crippen MR) is 51.8 cm³/mol. The van der Waals surface area contributed by atoms with Gasteiger partial charge in [0.25, 0.3) is 0 Å². The molecule has 0 spiro atoms. The molecule has 1 nitrogen and oxygen atoms in total. The molecule has 0 atom stereocenters. The Balaban J connectivity index is 2.25. The van der Waals surface area contributed by atoms with Crippen molar-refractivity contribution < 1.29 is 3.07 Å².